The molecule has 0 aliphatic heterocycles. The fraction of sp³-hybridized carbons (Fsp3) is 0.939. The highest BCUT2D eigenvalue weighted by molar-refractivity contribution is 7.47. The maximum atomic E-state index is 13.0. The molecule has 17 nitrogen and oxygen atoms in total. The lowest BCUT2D eigenvalue weighted by Crippen LogP contribution is -2.30. The van der Waals surface area contributed by atoms with Gasteiger partial charge in [-0.3, -0.25) is 37.3 Å². The first-order valence-electron chi connectivity index (χ1n) is 34.4. The van der Waals surface area contributed by atoms with Crippen LogP contribution in [0.2, 0.25) is 0 Å². The fourth-order valence-electron chi connectivity index (χ4n) is 9.77. The van der Waals surface area contributed by atoms with Crippen LogP contribution >= 0.6 is 15.6 Å². The second kappa shape index (κ2) is 57.2. The molecule has 0 aromatic carbocycles. The van der Waals surface area contributed by atoms with E-state index in [1.807, 2.05) is 0 Å². The molecule has 4 unspecified atom stereocenters. The summed E-state index contributed by atoms with van der Waals surface area (Å²) in [4.78, 5) is 72.3. The highest BCUT2D eigenvalue weighted by atomic mass is 31.2. The molecule has 0 rings (SSSR count). The number of aliphatic hydroxyl groups excluding tert-OH is 1. The predicted molar refractivity (Wildman–Crippen MR) is 340 cm³/mol. The Hall–Kier alpha value is -1.94. The van der Waals surface area contributed by atoms with Crippen LogP contribution in [0, 0.1) is 17.8 Å². The van der Waals surface area contributed by atoms with E-state index in [4.69, 9.17) is 37.0 Å². The van der Waals surface area contributed by atoms with Crippen molar-refractivity contribution in [1.82, 2.24) is 0 Å². The summed E-state index contributed by atoms with van der Waals surface area (Å²) in [6.45, 7) is 11.7. The Labute approximate surface area is 517 Å². The number of rotatable bonds is 64. The fourth-order valence-corrected chi connectivity index (χ4v) is 11.3. The molecule has 0 spiro atoms. The number of unbranched alkanes of at least 4 members (excludes halogenated alkanes) is 30. The second-order valence-electron chi connectivity index (χ2n) is 24.8. The Morgan fingerprint density at radius 1 is 0.341 bits per heavy atom. The average Bonchev–Trinajstić information content (AvgIpc) is 3.56. The zero-order chi connectivity index (χ0) is 63.1. The molecule has 0 aromatic rings. The van der Waals surface area contributed by atoms with Crippen LogP contribution in [-0.4, -0.2) is 96.7 Å². The van der Waals surface area contributed by atoms with E-state index in [-0.39, 0.29) is 25.7 Å². The van der Waals surface area contributed by atoms with Crippen LogP contribution in [0.15, 0.2) is 0 Å². The SMILES string of the molecule is CCCCCCCCCCCCCC(=O)OC[C@H](COP(=O)(O)OC[C@@H](O)COP(=O)(O)OC[C@@H](COC(=O)CCCCCCCCC(C)CC)OC(=O)CCCCCCCCC(C)CC)OC(=O)CCCCCCCCCCCCCC(C)C. The summed E-state index contributed by atoms with van der Waals surface area (Å²) in [6, 6.07) is 0. The van der Waals surface area contributed by atoms with Gasteiger partial charge in [0.15, 0.2) is 12.2 Å². The standard InChI is InChI=1S/C66H128O17P2/c1-8-11-12-13-14-15-17-21-24-33-40-47-63(68)76-53-61(82-65(70)49-42-35-25-22-19-16-18-20-23-30-37-44-57(4)5)55-80-84(72,73)78-51-60(67)52-79-85(74,75)81-56-62(83-66(71)50-43-36-29-27-32-39-46-59(7)10-3)54-77-64(69)48-41-34-28-26-31-38-45-58(6)9-2/h57-62,67H,8-56H2,1-7H3,(H,72,73)(H,74,75)/t58?,59?,60-,61-,62-/m1/s1. The Bertz CT molecular complexity index is 1690. The first kappa shape index (κ1) is 83.1. The van der Waals surface area contributed by atoms with Crippen molar-refractivity contribution in [2.75, 3.05) is 39.6 Å². The van der Waals surface area contributed by atoms with E-state index in [0.717, 1.165) is 114 Å². The number of ether oxygens (including phenoxy) is 4. The maximum Gasteiger partial charge on any atom is 0.472 e. The summed E-state index contributed by atoms with van der Waals surface area (Å²) >= 11 is 0. The van der Waals surface area contributed by atoms with Crippen molar-refractivity contribution in [2.24, 2.45) is 17.8 Å². The van der Waals surface area contributed by atoms with Crippen molar-refractivity contribution in [3.05, 3.63) is 0 Å². The van der Waals surface area contributed by atoms with Crippen LogP contribution in [0.1, 0.15) is 325 Å². The summed E-state index contributed by atoms with van der Waals surface area (Å²) in [5, 5.41) is 10.6. The summed E-state index contributed by atoms with van der Waals surface area (Å²) in [5.74, 6) is 0.0811. The number of esters is 4. The van der Waals surface area contributed by atoms with Crippen molar-refractivity contribution >= 4 is 39.5 Å². The Kier molecular flexibility index (Phi) is 55.9. The molecule has 0 bridgehead atoms. The molecule has 0 fully saturated rings. The molecular weight excluding hydrogens is 1130 g/mol. The third-order valence-corrected chi connectivity index (χ3v) is 17.8. The van der Waals surface area contributed by atoms with Crippen molar-refractivity contribution < 1.29 is 80.2 Å². The highest BCUT2D eigenvalue weighted by Gasteiger charge is 2.30. The van der Waals surface area contributed by atoms with Gasteiger partial charge >= 0.3 is 39.5 Å². The van der Waals surface area contributed by atoms with E-state index in [1.54, 1.807) is 0 Å². The third kappa shape index (κ3) is 58.2. The van der Waals surface area contributed by atoms with Crippen molar-refractivity contribution in [3.8, 4) is 0 Å². The van der Waals surface area contributed by atoms with Crippen molar-refractivity contribution in [2.45, 2.75) is 343 Å². The second-order valence-corrected chi connectivity index (χ2v) is 27.7. The highest BCUT2D eigenvalue weighted by Crippen LogP contribution is 2.45. The number of phosphoric ester groups is 2. The predicted octanol–water partition coefficient (Wildman–Crippen LogP) is 18.3. The molecule has 85 heavy (non-hydrogen) atoms. The zero-order valence-corrected chi connectivity index (χ0v) is 56.9. The minimum Gasteiger partial charge on any atom is -0.462 e. The van der Waals surface area contributed by atoms with Gasteiger partial charge in [-0.1, -0.05) is 273 Å². The van der Waals surface area contributed by atoms with Crippen LogP contribution in [0.4, 0.5) is 0 Å². The molecule has 3 N–H and O–H groups in total. The summed E-state index contributed by atoms with van der Waals surface area (Å²) < 4.78 is 68.1. The monoisotopic (exact) mass is 1250 g/mol. The molecule has 7 atom stereocenters. The van der Waals surface area contributed by atoms with E-state index >= 15 is 0 Å². The van der Waals surface area contributed by atoms with E-state index in [9.17, 15) is 43.2 Å². The summed E-state index contributed by atoms with van der Waals surface area (Å²) in [7, 11) is -9.89. The molecule has 0 aromatic heterocycles. The number of hydrogen-bond donors (Lipinski definition) is 3. The van der Waals surface area contributed by atoms with Gasteiger partial charge in [0.05, 0.1) is 26.4 Å². The largest absolute Gasteiger partial charge is 0.472 e. The zero-order valence-electron chi connectivity index (χ0n) is 55.1. The van der Waals surface area contributed by atoms with Crippen LogP contribution in [0.25, 0.3) is 0 Å². The smallest absolute Gasteiger partial charge is 0.462 e. The molecular formula is C66H128O17P2. The van der Waals surface area contributed by atoms with Crippen LogP contribution in [-0.2, 0) is 65.4 Å². The van der Waals surface area contributed by atoms with E-state index in [0.29, 0.717) is 25.7 Å². The molecule has 0 heterocycles. The van der Waals surface area contributed by atoms with Crippen molar-refractivity contribution in [3.63, 3.8) is 0 Å². The third-order valence-electron chi connectivity index (χ3n) is 15.9. The first-order chi connectivity index (χ1) is 40.8. The Morgan fingerprint density at radius 3 is 0.894 bits per heavy atom. The molecule has 0 aliphatic rings. The lowest BCUT2D eigenvalue weighted by atomic mass is 10.00. The van der Waals surface area contributed by atoms with Gasteiger partial charge in [-0.2, -0.15) is 0 Å². The summed E-state index contributed by atoms with van der Waals surface area (Å²) in [5.41, 5.74) is 0. The quantitative estimate of drug-likeness (QED) is 0.0222. The topological polar surface area (TPSA) is 237 Å². The minimum absolute atomic E-state index is 0.102. The average molecular weight is 1260 g/mol. The van der Waals surface area contributed by atoms with E-state index in [2.05, 4.69) is 48.5 Å². The number of phosphoric acid groups is 2. The Morgan fingerprint density at radius 2 is 0.600 bits per heavy atom. The van der Waals surface area contributed by atoms with Gasteiger partial charge in [0, 0.05) is 25.7 Å². The number of hydrogen-bond acceptors (Lipinski definition) is 15. The van der Waals surface area contributed by atoms with E-state index in [1.165, 1.54) is 128 Å². The van der Waals surface area contributed by atoms with E-state index < -0.39 is 97.5 Å². The van der Waals surface area contributed by atoms with Gasteiger partial charge in [-0.25, -0.2) is 9.13 Å². The summed E-state index contributed by atoms with van der Waals surface area (Å²) in [6.07, 6.45) is 38.9. The normalized spacial score (nSPS) is 15.0. The van der Waals surface area contributed by atoms with Gasteiger partial charge in [0.1, 0.15) is 19.3 Å². The number of carbonyl (C=O) groups is 4. The molecule has 0 saturated carbocycles. The lowest BCUT2D eigenvalue weighted by Gasteiger charge is -2.21. The van der Waals surface area contributed by atoms with Gasteiger partial charge in [-0.15, -0.1) is 0 Å². The van der Waals surface area contributed by atoms with Gasteiger partial charge in [0.25, 0.3) is 0 Å². The van der Waals surface area contributed by atoms with Crippen LogP contribution in [0.5, 0.6) is 0 Å². The maximum absolute atomic E-state index is 13.0. The molecule has 0 amide bonds. The molecule has 0 saturated heterocycles. The molecule has 0 aliphatic carbocycles. The van der Waals surface area contributed by atoms with Crippen LogP contribution in [0.3, 0.4) is 0 Å². The van der Waals surface area contributed by atoms with Crippen molar-refractivity contribution in [1.29, 1.82) is 0 Å². The van der Waals surface area contributed by atoms with Gasteiger partial charge in [-0.05, 0) is 43.4 Å². The van der Waals surface area contributed by atoms with Crippen LogP contribution < -0.4 is 0 Å². The van der Waals surface area contributed by atoms with Gasteiger partial charge < -0.3 is 33.8 Å². The minimum atomic E-state index is -4.95. The Balaban J connectivity index is 5.26. The molecule has 504 valence electrons. The lowest BCUT2D eigenvalue weighted by molar-refractivity contribution is -0.161. The first-order valence-corrected chi connectivity index (χ1v) is 37.4. The molecule has 19 heteroatoms. The number of carbonyl (C=O) groups excluding carboxylic acids is 4. The number of aliphatic hydroxyl groups is 1. The molecule has 0 radical (unpaired) electrons. The van der Waals surface area contributed by atoms with Gasteiger partial charge in [0.2, 0.25) is 0 Å².